The molecule has 1 N–H and O–H groups in total. The highest BCUT2D eigenvalue weighted by molar-refractivity contribution is 5.27. The largest absolute Gasteiger partial charge is 0.308 e. The van der Waals surface area contributed by atoms with E-state index in [1.165, 1.54) is 30.5 Å². The minimum Gasteiger partial charge on any atom is -0.308 e. The Morgan fingerprint density at radius 3 is 2.21 bits per heavy atom. The van der Waals surface area contributed by atoms with Crippen molar-refractivity contribution in [1.29, 1.82) is 0 Å². The van der Waals surface area contributed by atoms with Crippen molar-refractivity contribution in [1.82, 2.24) is 15.1 Å². The first-order valence-electron chi connectivity index (χ1n) is 7.59. The van der Waals surface area contributed by atoms with Gasteiger partial charge in [0.1, 0.15) is 0 Å². The smallest absolute Gasteiger partial charge is 0.0644 e. The number of rotatable bonds is 7. The topological polar surface area (TPSA) is 29.9 Å². The molecule has 0 fully saturated rings. The second-order valence-electron chi connectivity index (χ2n) is 6.32. The summed E-state index contributed by atoms with van der Waals surface area (Å²) in [5.74, 6) is 0.812. The lowest BCUT2D eigenvalue weighted by atomic mass is 10.0. The normalized spacial score (nSPS) is 14.9. The summed E-state index contributed by atoms with van der Waals surface area (Å²) in [7, 11) is 2.02. The van der Waals surface area contributed by atoms with Crippen molar-refractivity contribution in [2.45, 2.75) is 72.9 Å². The lowest BCUT2D eigenvalue weighted by Gasteiger charge is -2.21. The van der Waals surface area contributed by atoms with Crippen molar-refractivity contribution in [3.05, 3.63) is 17.0 Å². The fourth-order valence-electron chi connectivity index (χ4n) is 2.84. The van der Waals surface area contributed by atoms with Crippen LogP contribution in [0.25, 0.3) is 0 Å². The van der Waals surface area contributed by atoms with E-state index in [1.807, 2.05) is 11.7 Å². The molecule has 0 amide bonds. The number of aryl methyl sites for hydroxylation is 2. The average molecular weight is 265 g/mol. The van der Waals surface area contributed by atoms with Crippen LogP contribution in [0, 0.1) is 19.8 Å². The van der Waals surface area contributed by atoms with E-state index in [0.717, 1.165) is 11.6 Å². The highest BCUT2D eigenvalue weighted by Gasteiger charge is 2.17. The van der Waals surface area contributed by atoms with Gasteiger partial charge in [-0.1, -0.05) is 26.7 Å². The van der Waals surface area contributed by atoms with Crippen molar-refractivity contribution < 1.29 is 0 Å². The second kappa shape index (κ2) is 7.09. The number of nitrogens with one attached hydrogen (secondary N) is 1. The maximum absolute atomic E-state index is 4.50. The van der Waals surface area contributed by atoms with E-state index in [0.29, 0.717) is 12.1 Å². The average Bonchev–Trinajstić information content (AvgIpc) is 2.52. The zero-order chi connectivity index (χ0) is 14.6. The van der Waals surface area contributed by atoms with Crippen LogP contribution in [0.15, 0.2) is 0 Å². The summed E-state index contributed by atoms with van der Waals surface area (Å²) >= 11 is 0. The minimum absolute atomic E-state index is 0.378. The van der Waals surface area contributed by atoms with E-state index in [2.05, 4.69) is 52.0 Å². The third-order valence-corrected chi connectivity index (χ3v) is 3.95. The molecule has 0 spiro atoms. The van der Waals surface area contributed by atoms with Gasteiger partial charge in [0.15, 0.2) is 0 Å². The molecule has 110 valence electrons. The summed E-state index contributed by atoms with van der Waals surface area (Å²) in [6.45, 7) is 13.4. The Bertz CT molecular complexity index is 393. The molecule has 0 saturated carbocycles. The van der Waals surface area contributed by atoms with Crippen LogP contribution >= 0.6 is 0 Å². The maximum atomic E-state index is 4.50. The van der Waals surface area contributed by atoms with Crippen LogP contribution in [0.5, 0.6) is 0 Å². The first-order chi connectivity index (χ1) is 8.82. The summed E-state index contributed by atoms with van der Waals surface area (Å²) in [6, 6.07) is 0.940. The van der Waals surface area contributed by atoms with E-state index < -0.39 is 0 Å². The zero-order valence-electron chi connectivity index (χ0n) is 13.7. The fraction of sp³-hybridized carbons (Fsp3) is 0.812. The lowest BCUT2D eigenvalue weighted by molar-refractivity contribution is 0.422. The van der Waals surface area contributed by atoms with Gasteiger partial charge in [-0.15, -0.1) is 0 Å². The van der Waals surface area contributed by atoms with Gasteiger partial charge in [-0.05, 0) is 40.0 Å². The molecule has 1 aromatic heterocycles. The molecular weight excluding hydrogens is 234 g/mol. The molecule has 19 heavy (non-hydrogen) atoms. The minimum atomic E-state index is 0.378. The highest BCUT2D eigenvalue weighted by atomic mass is 15.3. The molecule has 0 aromatic carbocycles. The quantitative estimate of drug-likeness (QED) is 0.810. The van der Waals surface area contributed by atoms with Crippen LogP contribution < -0.4 is 5.32 Å². The molecule has 0 aliphatic carbocycles. The molecule has 0 bridgehead atoms. The molecule has 3 heteroatoms. The first kappa shape index (κ1) is 16.2. The molecule has 2 unspecified atom stereocenters. The Labute approximate surface area is 118 Å². The van der Waals surface area contributed by atoms with Crippen LogP contribution in [0.1, 0.15) is 70.0 Å². The van der Waals surface area contributed by atoms with Crippen molar-refractivity contribution in [3.63, 3.8) is 0 Å². The Morgan fingerprint density at radius 1 is 1.11 bits per heavy atom. The van der Waals surface area contributed by atoms with Crippen molar-refractivity contribution in [3.8, 4) is 0 Å². The lowest BCUT2D eigenvalue weighted by Crippen LogP contribution is -2.29. The molecule has 2 atom stereocenters. The van der Waals surface area contributed by atoms with E-state index in [4.69, 9.17) is 0 Å². The summed E-state index contributed by atoms with van der Waals surface area (Å²) < 4.78 is 1.98. The van der Waals surface area contributed by atoms with E-state index in [9.17, 15) is 0 Å². The first-order valence-corrected chi connectivity index (χ1v) is 7.59. The van der Waals surface area contributed by atoms with Gasteiger partial charge in [0, 0.05) is 30.4 Å². The Kier molecular flexibility index (Phi) is 6.05. The van der Waals surface area contributed by atoms with Gasteiger partial charge in [-0.2, -0.15) is 5.10 Å². The molecule has 1 heterocycles. The molecule has 0 aliphatic rings. The zero-order valence-corrected chi connectivity index (χ0v) is 13.7. The molecule has 3 nitrogen and oxygen atoms in total. The van der Waals surface area contributed by atoms with Crippen molar-refractivity contribution in [2.24, 2.45) is 13.0 Å². The van der Waals surface area contributed by atoms with Crippen LogP contribution in [0.2, 0.25) is 0 Å². The molecule has 0 aliphatic heterocycles. The van der Waals surface area contributed by atoms with E-state index >= 15 is 0 Å². The van der Waals surface area contributed by atoms with Crippen LogP contribution in [-0.4, -0.2) is 15.8 Å². The van der Waals surface area contributed by atoms with Gasteiger partial charge >= 0.3 is 0 Å². The molecule has 1 rings (SSSR count). The van der Waals surface area contributed by atoms with Crippen LogP contribution in [-0.2, 0) is 7.05 Å². The number of aromatic nitrogens is 2. The standard InChI is InChI=1S/C16H31N3/c1-11(2)9-8-10-12(3)17-13(4)16-14(5)18-19(7)15(16)6/h11-13,17H,8-10H2,1-7H3. The van der Waals surface area contributed by atoms with Gasteiger partial charge in [-0.3, -0.25) is 4.68 Å². The van der Waals surface area contributed by atoms with Gasteiger partial charge in [0.25, 0.3) is 0 Å². The molecule has 0 saturated heterocycles. The monoisotopic (exact) mass is 265 g/mol. The number of hydrogen-bond acceptors (Lipinski definition) is 2. The SMILES string of the molecule is Cc1nn(C)c(C)c1C(C)NC(C)CCCC(C)C. The number of hydrogen-bond donors (Lipinski definition) is 1. The molecule has 1 aromatic rings. The highest BCUT2D eigenvalue weighted by Crippen LogP contribution is 2.21. The molecule has 0 radical (unpaired) electrons. The summed E-state index contributed by atoms with van der Waals surface area (Å²) in [5, 5.41) is 8.21. The second-order valence-corrected chi connectivity index (χ2v) is 6.32. The van der Waals surface area contributed by atoms with E-state index in [1.54, 1.807) is 0 Å². The predicted octanol–water partition coefficient (Wildman–Crippen LogP) is 3.90. The number of nitrogens with zero attached hydrogens (tertiary/aromatic N) is 2. The third kappa shape index (κ3) is 4.64. The predicted molar refractivity (Wildman–Crippen MR) is 82.4 cm³/mol. The van der Waals surface area contributed by atoms with Crippen LogP contribution in [0.3, 0.4) is 0 Å². The summed E-state index contributed by atoms with van der Waals surface area (Å²) in [6.07, 6.45) is 3.88. The fourth-order valence-corrected chi connectivity index (χ4v) is 2.84. The Balaban J connectivity index is 2.52. The van der Waals surface area contributed by atoms with Gasteiger partial charge in [-0.25, -0.2) is 0 Å². The third-order valence-electron chi connectivity index (χ3n) is 3.95. The van der Waals surface area contributed by atoms with Gasteiger partial charge < -0.3 is 5.32 Å². The van der Waals surface area contributed by atoms with Crippen LogP contribution in [0.4, 0.5) is 0 Å². The Hall–Kier alpha value is -0.830. The van der Waals surface area contributed by atoms with Crippen molar-refractivity contribution >= 4 is 0 Å². The van der Waals surface area contributed by atoms with Crippen molar-refractivity contribution in [2.75, 3.05) is 0 Å². The Morgan fingerprint density at radius 2 is 1.74 bits per heavy atom. The summed E-state index contributed by atoms with van der Waals surface area (Å²) in [4.78, 5) is 0. The van der Waals surface area contributed by atoms with Gasteiger partial charge in [0.05, 0.1) is 5.69 Å². The maximum Gasteiger partial charge on any atom is 0.0644 e. The summed E-state index contributed by atoms with van der Waals surface area (Å²) in [5.41, 5.74) is 3.78. The molecular formula is C16H31N3. The van der Waals surface area contributed by atoms with Gasteiger partial charge in [0.2, 0.25) is 0 Å². The van der Waals surface area contributed by atoms with E-state index in [-0.39, 0.29) is 0 Å².